The van der Waals surface area contributed by atoms with Gasteiger partial charge in [-0.3, -0.25) is 0 Å². The smallest absolute Gasteiger partial charge is 0.240 e. The van der Waals surface area contributed by atoms with Gasteiger partial charge in [0.15, 0.2) is 11.6 Å². The summed E-state index contributed by atoms with van der Waals surface area (Å²) in [7, 11) is -3.89. The first-order chi connectivity index (χ1) is 9.82. The molecule has 126 valence electrons. The number of benzene rings is 1. The summed E-state index contributed by atoms with van der Waals surface area (Å²) in [4.78, 5) is -0.293. The van der Waals surface area contributed by atoms with Crippen molar-refractivity contribution in [1.29, 1.82) is 0 Å². The van der Waals surface area contributed by atoms with E-state index in [0.29, 0.717) is 6.07 Å². The molecule has 0 aromatic heterocycles. The Morgan fingerprint density at radius 1 is 1.09 bits per heavy atom. The van der Waals surface area contributed by atoms with Crippen LogP contribution < -0.4 is 10.5 Å². The van der Waals surface area contributed by atoms with Crippen LogP contribution in [-0.4, -0.2) is 20.5 Å². The van der Waals surface area contributed by atoms with Gasteiger partial charge >= 0.3 is 0 Å². The van der Waals surface area contributed by atoms with Crippen molar-refractivity contribution in [2.75, 3.05) is 6.54 Å². The molecule has 4 nitrogen and oxygen atoms in total. The van der Waals surface area contributed by atoms with Crippen LogP contribution in [0.2, 0.25) is 0 Å². The molecule has 0 amide bonds. The summed E-state index contributed by atoms with van der Waals surface area (Å²) in [5, 5.41) is 0. The monoisotopic (exact) mass is 354 g/mol. The summed E-state index contributed by atoms with van der Waals surface area (Å²) in [5.41, 5.74) is 5.67. The van der Waals surface area contributed by atoms with E-state index in [0.717, 1.165) is 50.7 Å². The molecule has 0 saturated heterocycles. The van der Waals surface area contributed by atoms with Crippen LogP contribution >= 0.6 is 12.4 Å². The molecule has 1 saturated carbocycles. The van der Waals surface area contributed by atoms with Gasteiger partial charge in [0.1, 0.15) is 0 Å². The molecule has 1 aliphatic rings. The highest BCUT2D eigenvalue weighted by molar-refractivity contribution is 7.89. The molecule has 0 radical (unpaired) electrons. The van der Waals surface area contributed by atoms with E-state index in [1.807, 2.05) is 0 Å². The van der Waals surface area contributed by atoms with E-state index in [1.165, 1.54) is 0 Å². The van der Waals surface area contributed by atoms with E-state index in [-0.39, 0.29) is 23.8 Å². The molecule has 1 aromatic carbocycles. The third-order valence-electron chi connectivity index (χ3n) is 3.91. The molecule has 22 heavy (non-hydrogen) atoms. The SMILES string of the molecule is Cl.NC1(CNS(=O)(=O)c2ccc(F)c(F)c2)CCCCCC1. The van der Waals surface area contributed by atoms with Crippen molar-refractivity contribution in [2.45, 2.75) is 49.0 Å². The summed E-state index contributed by atoms with van der Waals surface area (Å²) in [5.74, 6) is -2.26. The van der Waals surface area contributed by atoms with Gasteiger partial charge < -0.3 is 5.73 Å². The number of hydrogen-bond donors (Lipinski definition) is 2. The fourth-order valence-corrected chi connectivity index (χ4v) is 3.73. The molecule has 0 atom stereocenters. The topological polar surface area (TPSA) is 72.2 Å². The van der Waals surface area contributed by atoms with Gasteiger partial charge in [0.05, 0.1) is 4.90 Å². The van der Waals surface area contributed by atoms with Crippen molar-refractivity contribution in [3.8, 4) is 0 Å². The first-order valence-corrected chi connectivity index (χ1v) is 8.54. The first-order valence-electron chi connectivity index (χ1n) is 7.06. The summed E-state index contributed by atoms with van der Waals surface area (Å²) < 4.78 is 52.6. The van der Waals surface area contributed by atoms with E-state index >= 15 is 0 Å². The van der Waals surface area contributed by atoms with Crippen molar-refractivity contribution in [3.63, 3.8) is 0 Å². The lowest BCUT2D eigenvalue weighted by Crippen LogP contribution is -2.49. The van der Waals surface area contributed by atoms with E-state index in [4.69, 9.17) is 5.73 Å². The Hall–Kier alpha value is -0.760. The average molecular weight is 355 g/mol. The Labute approximate surface area is 135 Å². The van der Waals surface area contributed by atoms with E-state index in [2.05, 4.69) is 4.72 Å². The second-order valence-electron chi connectivity index (χ2n) is 5.68. The Morgan fingerprint density at radius 2 is 1.68 bits per heavy atom. The van der Waals surface area contributed by atoms with Crippen LogP contribution in [0.3, 0.4) is 0 Å². The van der Waals surface area contributed by atoms with E-state index in [1.54, 1.807) is 0 Å². The molecule has 8 heteroatoms. The molecule has 2 rings (SSSR count). The van der Waals surface area contributed by atoms with Gasteiger partial charge in [0.2, 0.25) is 10.0 Å². The standard InChI is InChI=1S/C14H20F2N2O2S.ClH/c15-12-6-5-11(9-13(12)16)21(19,20)18-10-14(17)7-3-1-2-4-8-14;/h5-6,9,18H,1-4,7-8,10,17H2;1H. The first kappa shape index (κ1) is 19.3. The summed E-state index contributed by atoms with van der Waals surface area (Å²) in [6.07, 6.45) is 5.68. The molecule has 3 N–H and O–H groups in total. The van der Waals surface area contributed by atoms with Crippen molar-refractivity contribution in [3.05, 3.63) is 29.8 Å². The highest BCUT2D eigenvalue weighted by atomic mass is 35.5. The van der Waals surface area contributed by atoms with Crippen LogP contribution in [0.15, 0.2) is 23.1 Å². The Bertz CT molecular complexity index is 603. The van der Waals surface area contributed by atoms with E-state index < -0.39 is 27.2 Å². The Kier molecular flexibility index (Phi) is 6.73. The highest BCUT2D eigenvalue weighted by Crippen LogP contribution is 2.25. The second-order valence-corrected chi connectivity index (χ2v) is 7.44. The molecule has 0 aliphatic heterocycles. The van der Waals surface area contributed by atoms with Gasteiger partial charge in [0.25, 0.3) is 0 Å². The number of nitrogens with one attached hydrogen (secondary N) is 1. The quantitative estimate of drug-likeness (QED) is 0.816. The molecule has 0 unspecified atom stereocenters. The molecule has 0 bridgehead atoms. The number of rotatable bonds is 4. The fourth-order valence-electron chi connectivity index (χ4n) is 2.58. The maximum absolute atomic E-state index is 13.1. The molecular formula is C14H21ClF2N2O2S. The third-order valence-corrected chi connectivity index (χ3v) is 5.31. The minimum Gasteiger partial charge on any atom is -0.324 e. The molecule has 1 aliphatic carbocycles. The van der Waals surface area contributed by atoms with Gasteiger partial charge in [-0.05, 0) is 31.0 Å². The Morgan fingerprint density at radius 3 is 2.23 bits per heavy atom. The minimum atomic E-state index is -3.89. The molecular weight excluding hydrogens is 334 g/mol. The predicted octanol–water partition coefficient (Wildman–Crippen LogP) is 2.72. The lowest BCUT2D eigenvalue weighted by molar-refractivity contribution is 0.369. The minimum absolute atomic E-state index is 0. The fraction of sp³-hybridized carbons (Fsp3) is 0.571. The van der Waals surface area contributed by atoms with Crippen LogP contribution in [0.1, 0.15) is 38.5 Å². The van der Waals surface area contributed by atoms with Crippen molar-refractivity contribution in [1.82, 2.24) is 4.72 Å². The van der Waals surface area contributed by atoms with E-state index in [9.17, 15) is 17.2 Å². The van der Waals surface area contributed by atoms with Crippen LogP contribution in [-0.2, 0) is 10.0 Å². The van der Waals surface area contributed by atoms with Crippen molar-refractivity contribution < 1.29 is 17.2 Å². The maximum atomic E-state index is 13.1. The summed E-state index contributed by atoms with van der Waals surface area (Å²) in [6.45, 7) is 0.105. The zero-order valence-electron chi connectivity index (χ0n) is 12.1. The molecule has 1 aromatic rings. The Balaban J connectivity index is 0.00000242. The summed E-state index contributed by atoms with van der Waals surface area (Å²) in [6, 6.07) is 2.51. The normalized spacial score (nSPS) is 18.3. The molecule has 0 spiro atoms. The van der Waals surface area contributed by atoms with Crippen LogP contribution in [0, 0.1) is 11.6 Å². The third kappa shape index (κ3) is 4.87. The van der Waals surface area contributed by atoms with Crippen molar-refractivity contribution in [2.24, 2.45) is 5.73 Å². The lowest BCUT2D eigenvalue weighted by Gasteiger charge is -2.28. The van der Waals surface area contributed by atoms with Gasteiger partial charge in [0, 0.05) is 12.1 Å². The number of halogens is 3. The zero-order valence-corrected chi connectivity index (χ0v) is 13.8. The number of nitrogens with two attached hydrogens (primary N) is 1. The van der Waals surface area contributed by atoms with Gasteiger partial charge in [-0.15, -0.1) is 12.4 Å². The maximum Gasteiger partial charge on any atom is 0.240 e. The predicted molar refractivity (Wildman–Crippen MR) is 83.4 cm³/mol. The van der Waals surface area contributed by atoms with Crippen molar-refractivity contribution >= 4 is 22.4 Å². The van der Waals surface area contributed by atoms with Gasteiger partial charge in [-0.1, -0.05) is 25.7 Å². The van der Waals surface area contributed by atoms with Gasteiger partial charge in [-0.25, -0.2) is 21.9 Å². The number of hydrogen-bond acceptors (Lipinski definition) is 3. The summed E-state index contributed by atoms with van der Waals surface area (Å²) >= 11 is 0. The zero-order chi connectivity index (χ0) is 15.5. The molecule has 1 fully saturated rings. The van der Waals surface area contributed by atoms with Crippen LogP contribution in [0.5, 0.6) is 0 Å². The average Bonchev–Trinajstić information content (AvgIpc) is 2.65. The highest BCUT2D eigenvalue weighted by Gasteiger charge is 2.28. The van der Waals surface area contributed by atoms with Crippen LogP contribution in [0.4, 0.5) is 8.78 Å². The van der Waals surface area contributed by atoms with Crippen LogP contribution in [0.25, 0.3) is 0 Å². The molecule has 0 heterocycles. The lowest BCUT2D eigenvalue weighted by atomic mass is 9.92. The van der Waals surface area contributed by atoms with Gasteiger partial charge in [-0.2, -0.15) is 0 Å². The second kappa shape index (κ2) is 7.68. The number of sulfonamides is 1. The largest absolute Gasteiger partial charge is 0.324 e.